The van der Waals surface area contributed by atoms with Gasteiger partial charge in [0.05, 0.1) is 13.0 Å². The van der Waals surface area contributed by atoms with Gasteiger partial charge in [-0.05, 0) is 55.8 Å². The van der Waals surface area contributed by atoms with Gasteiger partial charge in [0, 0.05) is 36.4 Å². The second-order valence-electron chi connectivity index (χ2n) is 14.7. The van der Waals surface area contributed by atoms with E-state index in [1.54, 1.807) is 11.8 Å². The van der Waals surface area contributed by atoms with Gasteiger partial charge < -0.3 is 19.8 Å². The third-order valence-electron chi connectivity index (χ3n) is 8.55. The highest BCUT2D eigenvalue weighted by molar-refractivity contribution is 7.98. The van der Waals surface area contributed by atoms with Crippen molar-refractivity contribution in [2.24, 2.45) is 5.41 Å². The summed E-state index contributed by atoms with van der Waals surface area (Å²) in [5.41, 5.74) is 0.462. The number of hydrogen-bond acceptors (Lipinski definition) is 6. The lowest BCUT2D eigenvalue weighted by Crippen LogP contribution is -2.55. The molecule has 0 aliphatic carbocycles. The Kier molecular flexibility index (Phi) is 23.2. The maximum atomic E-state index is 13.6. The van der Waals surface area contributed by atoms with Gasteiger partial charge in [-0.15, -0.1) is 0 Å². The molecular weight excluding hydrogens is 673 g/mol. The largest absolute Gasteiger partial charge is 0.465 e. The summed E-state index contributed by atoms with van der Waals surface area (Å²) in [6.45, 7) is 17.3. The number of hydrogen-bond donors (Lipinski definition) is 2. The number of ether oxygens (including phenoxy) is 1. The van der Waals surface area contributed by atoms with Crippen LogP contribution in [0.25, 0.3) is 0 Å². The fourth-order valence-electron chi connectivity index (χ4n) is 4.38. The van der Waals surface area contributed by atoms with E-state index < -0.39 is 19.8 Å². The number of esters is 1. The third kappa shape index (κ3) is 21.7. The van der Waals surface area contributed by atoms with Crippen molar-refractivity contribution in [3.05, 3.63) is 96.7 Å². The number of benzene rings is 1. The second-order valence-corrected chi connectivity index (χ2v) is 20.6. The van der Waals surface area contributed by atoms with Crippen LogP contribution < -0.4 is 10.6 Å². The minimum Gasteiger partial charge on any atom is -0.465 e. The van der Waals surface area contributed by atoms with Crippen molar-refractivity contribution >= 4 is 37.9 Å². The number of carbonyl (C=O) groups is 3. The van der Waals surface area contributed by atoms with Gasteiger partial charge in [-0.2, -0.15) is 11.8 Å². The summed E-state index contributed by atoms with van der Waals surface area (Å²) < 4.78 is 12.3. The molecule has 0 unspecified atom stereocenters. The van der Waals surface area contributed by atoms with Gasteiger partial charge in [-0.3, -0.25) is 14.4 Å². The van der Waals surface area contributed by atoms with Crippen LogP contribution in [0.3, 0.4) is 0 Å². The molecule has 0 aromatic heterocycles. The zero-order valence-corrected chi connectivity index (χ0v) is 34.5. The first-order valence-electron chi connectivity index (χ1n) is 18.4. The van der Waals surface area contributed by atoms with E-state index in [-0.39, 0.29) is 48.8 Å². The smallest absolute Gasteiger partial charge is 0.309 e. The molecule has 0 aliphatic rings. The Morgan fingerprint density at radius 3 is 1.88 bits per heavy atom. The standard InChI is InChI=1S/C42H66N2O5SSi/c1-9-10-11-12-13-14-15-16-17-18-19-20-21-22-26-29-38(46)48-35-42(5,6)39(49-51(7,8)41(2,3)4)40(47)44-31-30-37(45)43-32-33-50-34-36-27-24-23-25-28-36/h10-11,13-14,16-17,19-20,22-28,39H,9,12,15,18,21,29-35H2,1-8H3,(H,43,45)(H,44,47)/b11-10-,14-13-,17-16-,20-19-,26-22-/t39-/m0/s1. The van der Waals surface area contributed by atoms with E-state index in [1.807, 2.05) is 44.2 Å². The number of carbonyl (C=O) groups excluding carboxylic acids is 3. The second kappa shape index (κ2) is 25.8. The molecule has 1 atom stereocenters. The van der Waals surface area contributed by atoms with E-state index in [1.165, 1.54) is 5.56 Å². The zero-order chi connectivity index (χ0) is 38.0. The minimum absolute atomic E-state index is 0.0321. The summed E-state index contributed by atoms with van der Waals surface area (Å²) in [6, 6.07) is 10.2. The molecule has 7 nitrogen and oxygen atoms in total. The predicted molar refractivity (Wildman–Crippen MR) is 219 cm³/mol. The first-order chi connectivity index (χ1) is 24.2. The van der Waals surface area contributed by atoms with Crippen LogP contribution in [0.2, 0.25) is 18.1 Å². The molecule has 1 aromatic rings. The van der Waals surface area contributed by atoms with E-state index in [2.05, 4.69) is 112 Å². The third-order valence-corrected chi connectivity index (χ3v) is 14.0. The fourth-order valence-corrected chi connectivity index (χ4v) is 6.57. The van der Waals surface area contributed by atoms with Gasteiger partial charge >= 0.3 is 5.97 Å². The Balaban J connectivity index is 2.54. The molecule has 51 heavy (non-hydrogen) atoms. The Morgan fingerprint density at radius 1 is 0.784 bits per heavy atom. The van der Waals surface area contributed by atoms with Crippen LogP contribution in [0.15, 0.2) is 91.1 Å². The van der Waals surface area contributed by atoms with Gasteiger partial charge in [-0.1, -0.05) is 133 Å². The molecule has 0 radical (unpaired) electrons. The Labute approximate surface area is 315 Å². The first-order valence-corrected chi connectivity index (χ1v) is 22.5. The number of amides is 2. The molecule has 0 spiro atoms. The molecule has 2 N–H and O–H groups in total. The average Bonchev–Trinajstić information content (AvgIpc) is 3.07. The molecule has 1 rings (SSSR count). The SMILES string of the molecule is CC/C=C\C/C=C\C/C=C\C/C=C\C/C=C\CC(=O)OCC(C)(C)[C@@H](O[Si](C)(C)C(C)(C)C)C(=O)NCCC(=O)NCCSCc1ccccc1. The minimum atomic E-state index is -2.37. The van der Waals surface area contributed by atoms with E-state index in [9.17, 15) is 14.4 Å². The van der Waals surface area contributed by atoms with Gasteiger partial charge in [0.25, 0.3) is 0 Å². The summed E-state index contributed by atoms with van der Waals surface area (Å²) in [7, 11) is -2.37. The van der Waals surface area contributed by atoms with E-state index >= 15 is 0 Å². The number of allylic oxidation sites excluding steroid dienone is 9. The molecule has 0 saturated carbocycles. The Hall–Kier alpha value is -3.14. The summed E-state index contributed by atoms with van der Waals surface area (Å²) in [4.78, 5) is 38.6. The first kappa shape index (κ1) is 45.9. The number of rotatable bonds is 25. The van der Waals surface area contributed by atoms with Gasteiger partial charge in [0.2, 0.25) is 11.8 Å². The lowest BCUT2D eigenvalue weighted by atomic mass is 9.87. The summed E-state index contributed by atoms with van der Waals surface area (Å²) >= 11 is 1.77. The number of thioether (sulfide) groups is 1. The molecular formula is C42H66N2O5SSi. The zero-order valence-electron chi connectivity index (χ0n) is 32.7. The van der Waals surface area contributed by atoms with E-state index in [0.29, 0.717) is 6.54 Å². The van der Waals surface area contributed by atoms with Gasteiger partial charge in [0.15, 0.2) is 8.32 Å². The Morgan fingerprint density at radius 2 is 1.33 bits per heavy atom. The van der Waals surface area contributed by atoms with Crippen LogP contribution in [-0.4, -0.2) is 57.7 Å². The summed E-state index contributed by atoms with van der Waals surface area (Å²) in [5, 5.41) is 5.72. The molecule has 284 valence electrons. The normalized spacial score (nSPS) is 13.6. The molecule has 0 aliphatic heterocycles. The monoisotopic (exact) mass is 738 g/mol. The highest BCUT2D eigenvalue weighted by Gasteiger charge is 2.46. The van der Waals surface area contributed by atoms with Crippen LogP contribution in [-0.2, 0) is 29.3 Å². The molecule has 0 bridgehead atoms. The van der Waals surface area contributed by atoms with Crippen molar-refractivity contribution in [3.63, 3.8) is 0 Å². The molecule has 0 heterocycles. The van der Waals surface area contributed by atoms with Gasteiger partial charge in [0.1, 0.15) is 6.10 Å². The summed E-state index contributed by atoms with van der Waals surface area (Å²) in [5.74, 6) is 0.945. The lowest BCUT2D eigenvalue weighted by Gasteiger charge is -2.43. The molecule has 0 saturated heterocycles. The molecule has 1 aromatic carbocycles. The van der Waals surface area contributed by atoms with Crippen molar-refractivity contribution in [2.45, 2.75) is 116 Å². The average molecular weight is 739 g/mol. The quantitative estimate of drug-likeness (QED) is 0.0449. The molecule has 2 amide bonds. The van der Waals surface area contributed by atoms with Gasteiger partial charge in [-0.25, -0.2) is 0 Å². The van der Waals surface area contributed by atoms with E-state index in [0.717, 1.165) is 43.6 Å². The van der Waals surface area contributed by atoms with Crippen molar-refractivity contribution in [1.29, 1.82) is 0 Å². The van der Waals surface area contributed by atoms with Crippen LogP contribution in [0.4, 0.5) is 0 Å². The van der Waals surface area contributed by atoms with Crippen molar-refractivity contribution < 1.29 is 23.5 Å². The molecule has 0 fully saturated rings. The van der Waals surface area contributed by atoms with Crippen molar-refractivity contribution in [3.8, 4) is 0 Å². The highest BCUT2D eigenvalue weighted by atomic mass is 32.2. The van der Waals surface area contributed by atoms with Crippen molar-refractivity contribution in [2.75, 3.05) is 25.4 Å². The molecule has 9 heteroatoms. The lowest BCUT2D eigenvalue weighted by molar-refractivity contribution is -0.151. The fraction of sp³-hybridized carbons (Fsp3) is 0.548. The topological polar surface area (TPSA) is 93.7 Å². The predicted octanol–water partition coefficient (Wildman–Crippen LogP) is 9.64. The van der Waals surface area contributed by atoms with Crippen LogP contribution >= 0.6 is 11.8 Å². The van der Waals surface area contributed by atoms with E-state index in [4.69, 9.17) is 9.16 Å². The Bertz CT molecular complexity index is 1300. The van der Waals surface area contributed by atoms with Crippen molar-refractivity contribution in [1.82, 2.24) is 10.6 Å². The number of nitrogens with one attached hydrogen (secondary N) is 2. The maximum Gasteiger partial charge on any atom is 0.309 e. The van der Waals surface area contributed by atoms with Crippen LogP contribution in [0.1, 0.15) is 92.1 Å². The maximum absolute atomic E-state index is 13.6. The van der Waals surface area contributed by atoms with Crippen LogP contribution in [0, 0.1) is 5.41 Å². The van der Waals surface area contributed by atoms with Crippen LogP contribution in [0.5, 0.6) is 0 Å². The highest BCUT2D eigenvalue weighted by Crippen LogP contribution is 2.40. The summed E-state index contributed by atoms with van der Waals surface area (Å²) in [6.07, 6.45) is 25.1.